The SMILES string of the molecule is C#CCC(C)NC(F)Cc1ccccc1. The highest BCUT2D eigenvalue weighted by Crippen LogP contribution is 2.05. The summed E-state index contributed by atoms with van der Waals surface area (Å²) in [4.78, 5) is 0. The van der Waals surface area contributed by atoms with E-state index in [2.05, 4.69) is 11.2 Å². The fraction of sp³-hybridized carbons (Fsp3) is 0.385. The van der Waals surface area contributed by atoms with Crippen molar-refractivity contribution in [1.29, 1.82) is 0 Å². The summed E-state index contributed by atoms with van der Waals surface area (Å²) in [5, 5.41) is 2.82. The number of nitrogens with one attached hydrogen (secondary N) is 1. The van der Waals surface area contributed by atoms with E-state index in [0.717, 1.165) is 5.56 Å². The van der Waals surface area contributed by atoms with Gasteiger partial charge in [-0.25, -0.2) is 4.39 Å². The first-order valence-corrected chi connectivity index (χ1v) is 5.10. The summed E-state index contributed by atoms with van der Waals surface area (Å²) in [5.41, 5.74) is 0.991. The van der Waals surface area contributed by atoms with E-state index >= 15 is 0 Å². The van der Waals surface area contributed by atoms with Gasteiger partial charge in [0, 0.05) is 18.9 Å². The zero-order chi connectivity index (χ0) is 11.1. The van der Waals surface area contributed by atoms with Crippen LogP contribution in [0.1, 0.15) is 18.9 Å². The first-order valence-electron chi connectivity index (χ1n) is 5.10. The zero-order valence-electron chi connectivity index (χ0n) is 8.91. The number of hydrogen-bond acceptors (Lipinski definition) is 1. The van der Waals surface area contributed by atoms with Crippen molar-refractivity contribution < 1.29 is 4.39 Å². The van der Waals surface area contributed by atoms with Crippen molar-refractivity contribution in [3.63, 3.8) is 0 Å². The highest BCUT2D eigenvalue weighted by Gasteiger charge is 2.09. The molecule has 0 aliphatic carbocycles. The maximum Gasteiger partial charge on any atom is 0.155 e. The highest BCUT2D eigenvalue weighted by atomic mass is 19.1. The Morgan fingerprint density at radius 2 is 2.07 bits per heavy atom. The van der Waals surface area contributed by atoms with Crippen LogP contribution in [-0.2, 0) is 6.42 Å². The van der Waals surface area contributed by atoms with Crippen molar-refractivity contribution in [3.05, 3.63) is 35.9 Å². The lowest BCUT2D eigenvalue weighted by atomic mass is 10.1. The Balaban J connectivity index is 2.37. The maximum atomic E-state index is 13.5. The summed E-state index contributed by atoms with van der Waals surface area (Å²) in [6.45, 7) is 1.89. The molecule has 0 radical (unpaired) electrons. The van der Waals surface area contributed by atoms with Crippen LogP contribution in [-0.4, -0.2) is 12.3 Å². The lowest BCUT2D eigenvalue weighted by Crippen LogP contribution is -2.34. The van der Waals surface area contributed by atoms with Gasteiger partial charge in [0.05, 0.1) is 0 Å². The van der Waals surface area contributed by atoms with Gasteiger partial charge in [0.25, 0.3) is 0 Å². The summed E-state index contributed by atoms with van der Waals surface area (Å²) in [6.07, 6.45) is 5.05. The van der Waals surface area contributed by atoms with E-state index < -0.39 is 6.30 Å². The Kier molecular flexibility index (Phi) is 4.86. The quantitative estimate of drug-likeness (QED) is 0.575. The fourth-order valence-electron chi connectivity index (χ4n) is 1.42. The molecule has 1 N–H and O–H groups in total. The van der Waals surface area contributed by atoms with Crippen molar-refractivity contribution >= 4 is 0 Å². The molecule has 0 heterocycles. The second-order valence-corrected chi connectivity index (χ2v) is 3.63. The Morgan fingerprint density at radius 1 is 1.40 bits per heavy atom. The number of terminal acetylenes is 1. The Hall–Kier alpha value is -1.33. The number of halogens is 1. The van der Waals surface area contributed by atoms with Crippen LogP contribution in [0.5, 0.6) is 0 Å². The van der Waals surface area contributed by atoms with Crippen molar-refractivity contribution in [1.82, 2.24) is 5.32 Å². The Bertz CT molecular complexity index is 315. The number of alkyl halides is 1. The lowest BCUT2D eigenvalue weighted by molar-refractivity contribution is 0.250. The Labute approximate surface area is 90.7 Å². The van der Waals surface area contributed by atoms with Gasteiger partial charge < -0.3 is 0 Å². The third kappa shape index (κ3) is 4.62. The second kappa shape index (κ2) is 6.21. The molecular formula is C13H16FN. The van der Waals surface area contributed by atoms with Gasteiger partial charge in [-0.3, -0.25) is 5.32 Å². The number of hydrogen-bond donors (Lipinski definition) is 1. The predicted molar refractivity (Wildman–Crippen MR) is 61.1 cm³/mol. The van der Waals surface area contributed by atoms with Gasteiger partial charge in [0.15, 0.2) is 6.30 Å². The molecular weight excluding hydrogens is 189 g/mol. The fourth-order valence-corrected chi connectivity index (χ4v) is 1.42. The van der Waals surface area contributed by atoms with E-state index in [4.69, 9.17) is 6.42 Å². The number of rotatable bonds is 5. The largest absolute Gasteiger partial charge is 0.284 e. The smallest absolute Gasteiger partial charge is 0.155 e. The van der Waals surface area contributed by atoms with Crippen LogP contribution in [0, 0.1) is 12.3 Å². The summed E-state index contributed by atoms with van der Waals surface area (Å²) in [6, 6.07) is 9.60. The first kappa shape index (κ1) is 11.7. The molecule has 80 valence electrons. The van der Waals surface area contributed by atoms with Crippen molar-refractivity contribution in [2.75, 3.05) is 0 Å². The van der Waals surface area contributed by atoms with Crippen LogP contribution in [0.15, 0.2) is 30.3 Å². The molecule has 0 fully saturated rings. The molecule has 0 spiro atoms. The maximum absolute atomic E-state index is 13.5. The molecule has 1 aromatic carbocycles. The summed E-state index contributed by atoms with van der Waals surface area (Å²) in [5.74, 6) is 2.51. The standard InChI is InChI=1S/C13H16FN/c1-3-7-11(2)15-13(14)10-12-8-5-4-6-9-12/h1,4-6,8-9,11,13,15H,7,10H2,2H3. The summed E-state index contributed by atoms with van der Waals surface area (Å²) < 4.78 is 13.5. The monoisotopic (exact) mass is 205 g/mol. The van der Waals surface area contributed by atoms with Crippen LogP contribution >= 0.6 is 0 Å². The van der Waals surface area contributed by atoms with Gasteiger partial charge in [0.2, 0.25) is 0 Å². The molecule has 0 aliphatic heterocycles. The molecule has 1 nitrogen and oxygen atoms in total. The molecule has 0 bridgehead atoms. The summed E-state index contributed by atoms with van der Waals surface area (Å²) >= 11 is 0. The average molecular weight is 205 g/mol. The predicted octanol–water partition coefficient (Wildman–Crippen LogP) is 2.53. The molecule has 0 amide bonds. The topological polar surface area (TPSA) is 12.0 Å². The van der Waals surface area contributed by atoms with Gasteiger partial charge in [-0.2, -0.15) is 0 Å². The minimum absolute atomic E-state index is 0.0220. The third-order valence-electron chi connectivity index (χ3n) is 2.15. The van der Waals surface area contributed by atoms with Gasteiger partial charge in [0.1, 0.15) is 0 Å². The molecule has 15 heavy (non-hydrogen) atoms. The van der Waals surface area contributed by atoms with E-state index in [-0.39, 0.29) is 6.04 Å². The van der Waals surface area contributed by atoms with Gasteiger partial charge >= 0.3 is 0 Å². The molecule has 2 unspecified atom stereocenters. The van der Waals surface area contributed by atoms with Crippen LogP contribution in [0.25, 0.3) is 0 Å². The molecule has 0 saturated heterocycles. The van der Waals surface area contributed by atoms with Gasteiger partial charge in [-0.15, -0.1) is 12.3 Å². The van der Waals surface area contributed by atoms with E-state index in [0.29, 0.717) is 12.8 Å². The molecule has 2 heteroatoms. The van der Waals surface area contributed by atoms with E-state index in [1.54, 1.807) is 0 Å². The highest BCUT2D eigenvalue weighted by molar-refractivity contribution is 5.15. The van der Waals surface area contributed by atoms with E-state index in [1.165, 1.54) is 0 Å². The molecule has 1 rings (SSSR count). The van der Waals surface area contributed by atoms with Crippen molar-refractivity contribution in [2.24, 2.45) is 0 Å². The van der Waals surface area contributed by atoms with Crippen LogP contribution in [0.3, 0.4) is 0 Å². The van der Waals surface area contributed by atoms with Crippen molar-refractivity contribution in [2.45, 2.75) is 32.1 Å². The van der Waals surface area contributed by atoms with E-state index in [1.807, 2.05) is 37.3 Å². The minimum Gasteiger partial charge on any atom is -0.284 e. The van der Waals surface area contributed by atoms with Crippen LogP contribution in [0.2, 0.25) is 0 Å². The van der Waals surface area contributed by atoms with Crippen LogP contribution in [0.4, 0.5) is 4.39 Å². The normalized spacial score (nSPS) is 14.2. The molecule has 1 aromatic rings. The second-order valence-electron chi connectivity index (χ2n) is 3.63. The van der Waals surface area contributed by atoms with Gasteiger partial charge in [-0.1, -0.05) is 30.3 Å². The van der Waals surface area contributed by atoms with Crippen molar-refractivity contribution in [3.8, 4) is 12.3 Å². The van der Waals surface area contributed by atoms with Gasteiger partial charge in [-0.05, 0) is 12.5 Å². The lowest BCUT2D eigenvalue weighted by Gasteiger charge is -2.15. The molecule has 0 aliphatic rings. The summed E-state index contributed by atoms with van der Waals surface area (Å²) in [7, 11) is 0. The zero-order valence-corrected chi connectivity index (χ0v) is 8.91. The Morgan fingerprint density at radius 3 is 2.67 bits per heavy atom. The van der Waals surface area contributed by atoms with E-state index in [9.17, 15) is 4.39 Å². The van der Waals surface area contributed by atoms with Crippen LogP contribution < -0.4 is 5.32 Å². The minimum atomic E-state index is -1.03. The first-order chi connectivity index (χ1) is 7.22. The average Bonchev–Trinajstić information content (AvgIpc) is 2.19. The molecule has 0 saturated carbocycles. The molecule has 0 aromatic heterocycles. The molecule has 2 atom stereocenters. The number of benzene rings is 1. The third-order valence-corrected chi connectivity index (χ3v) is 2.15.